The van der Waals surface area contributed by atoms with E-state index in [1.807, 2.05) is 6.92 Å². The van der Waals surface area contributed by atoms with Gasteiger partial charge >= 0.3 is 0 Å². The molecule has 0 aliphatic rings. The lowest BCUT2D eigenvalue weighted by molar-refractivity contribution is 0.102. The number of pyridine rings is 1. The summed E-state index contributed by atoms with van der Waals surface area (Å²) in [5, 5.41) is 5.62. The van der Waals surface area contributed by atoms with Crippen LogP contribution in [0.15, 0.2) is 41.1 Å². The molecule has 0 saturated carbocycles. The summed E-state index contributed by atoms with van der Waals surface area (Å²) in [7, 11) is 0. The third-order valence-electron chi connectivity index (χ3n) is 2.63. The topological polar surface area (TPSA) is 54.0 Å². The van der Waals surface area contributed by atoms with Gasteiger partial charge in [-0.15, -0.1) is 0 Å². The van der Waals surface area contributed by atoms with Crippen LogP contribution < -0.4 is 10.6 Å². The first-order chi connectivity index (χ1) is 9.63. The number of aromatic nitrogens is 1. The average molecular weight is 338 g/mol. The Bertz CT molecular complexity index is 613. The molecule has 104 valence electrons. The van der Waals surface area contributed by atoms with Gasteiger partial charge in [0.1, 0.15) is 5.82 Å². The quantitative estimate of drug-likeness (QED) is 0.894. The van der Waals surface area contributed by atoms with E-state index in [0.29, 0.717) is 22.3 Å². The maximum atomic E-state index is 13.7. The lowest BCUT2D eigenvalue weighted by atomic mass is 10.2. The van der Waals surface area contributed by atoms with Gasteiger partial charge in [-0.3, -0.25) is 9.78 Å². The van der Waals surface area contributed by atoms with Crippen molar-refractivity contribution in [3.8, 4) is 0 Å². The van der Waals surface area contributed by atoms with Gasteiger partial charge < -0.3 is 10.6 Å². The number of benzene rings is 1. The molecule has 2 aromatic rings. The van der Waals surface area contributed by atoms with Crippen molar-refractivity contribution in [3.05, 3.63) is 52.5 Å². The van der Waals surface area contributed by atoms with E-state index in [4.69, 9.17) is 0 Å². The largest absolute Gasteiger partial charge is 0.385 e. The van der Waals surface area contributed by atoms with E-state index >= 15 is 0 Å². The molecular formula is C14H13BrFN3O. The van der Waals surface area contributed by atoms with E-state index in [1.54, 1.807) is 24.4 Å². The highest BCUT2D eigenvalue weighted by molar-refractivity contribution is 9.10. The lowest BCUT2D eigenvalue weighted by Crippen LogP contribution is -2.16. The minimum absolute atomic E-state index is 0.115. The van der Waals surface area contributed by atoms with Gasteiger partial charge in [0, 0.05) is 23.4 Å². The molecule has 0 spiro atoms. The van der Waals surface area contributed by atoms with Crippen molar-refractivity contribution >= 4 is 33.2 Å². The predicted octanol–water partition coefficient (Wildman–Crippen LogP) is 3.67. The van der Waals surface area contributed by atoms with E-state index < -0.39 is 11.7 Å². The van der Waals surface area contributed by atoms with Crippen LogP contribution in [-0.4, -0.2) is 17.4 Å². The van der Waals surface area contributed by atoms with Crippen LogP contribution in [0.5, 0.6) is 0 Å². The highest BCUT2D eigenvalue weighted by atomic mass is 79.9. The van der Waals surface area contributed by atoms with Crippen LogP contribution in [0, 0.1) is 5.82 Å². The molecule has 4 nitrogen and oxygen atoms in total. The fourth-order valence-electron chi connectivity index (χ4n) is 1.72. The molecule has 1 amide bonds. The number of nitrogens with zero attached hydrogens (tertiary/aromatic N) is 1. The van der Waals surface area contributed by atoms with Crippen LogP contribution in [0.3, 0.4) is 0 Å². The molecule has 0 aliphatic carbocycles. The Hall–Kier alpha value is -1.95. The Balaban J connectivity index is 2.29. The first kappa shape index (κ1) is 14.5. The zero-order valence-corrected chi connectivity index (χ0v) is 12.4. The highest BCUT2D eigenvalue weighted by Gasteiger charge is 2.15. The van der Waals surface area contributed by atoms with Gasteiger partial charge in [0.15, 0.2) is 0 Å². The number of carbonyl (C=O) groups is 1. The summed E-state index contributed by atoms with van der Waals surface area (Å²) >= 11 is 3.21. The molecule has 1 aromatic carbocycles. The van der Waals surface area contributed by atoms with Crippen LogP contribution in [0.4, 0.5) is 15.8 Å². The normalized spacial score (nSPS) is 10.2. The maximum Gasteiger partial charge on any atom is 0.259 e. The van der Waals surface area contributed by atoms with E-state index in [1.165, 1.54) is 12.3 Å². The van der Waals surface area contributed by atoms with Crippen molar-refractivity contribution < 1.29 is 9.18 Å². The fourth-order valence-corrected chi connectivity index (χ4v) is 2.16. The molecule has 20 heavy (non-hydrogen) atoms. The van der Waals surface area contributed by atoms with Gasteiger partial charge in [-0.05, 0) is 41.1 Å². The summed E-state index contributed by atoms with van der Waals surface area (Å²) in [6.45, 7) is 2.60. The number of amides is 1. The van der Waals surface area contributed by atoms with Crippen LogP contribution in [0.2, 0.25) is 0 Å². The molecule has 6 heteroatoms. The van der Waals surface area contributed by atoms with Crippen LogP contribution in [0.1, 0.15) is 17.3 Å². The zero-order valence-electron chi connectivity index (χ0n) is 10.8. The summed E-state index contributed by atoms with van der Waals surface area (Å²) < 4.78 is 14.2. The molecule has 0 unspecified atom stereocenters. The van der Waals surface area contributed by atoms with Gasteiger partial charge in [0.25, 0.3) is 5.91 Å². The number of hydrogen-bond acceptors (Lipinski definition) is 3. The number of halogens is 2. The Morgan fingerprint density at radius 3 is 2.90 bits per heavy atom. The molecule has 2 rings (SSSR count). The molecule has 1 aromatic heterocycles. The Morgan fingerprint density at radius 2 is 2.20 bits per heavy atom. The lowest BCUT2D eigenvalue weighted by Gasteiger charge is -2.12. The molecule has 0 bridgehead atoms. The fraction of sp³-hybridized carbons (Fsp3) is 0.143. The van der Waals surface area contributed by atoms with Crippen LogP contribution in [0.25, 0.3) is 0 Å². The summed E-state index contributed by atoms with van der Waals surface area (Å²) in [5.41, 5.74) is 1.14. The van der Waals surface area contributed by atoms with Crippen molar-refractivity contribution in [1.82, 2.24) is 4.98 Å². The molecule has 0 fully saturated rings. The summed E-state index contributed by atoms with van der Waals surface area (Å²) in [4.78, 5) is 16.2. The first-order valence-corrected chi connectivity index (χ1v) is 6.86. The van der Waals surface area contributed by atoms with Crippen LogP contribution in [-0.2, 0) is 0 Å². The van der Waals surface area contributed by atoms with Crippen LogP contribution >= 0.6 is 15.9 Å². The van der Waals surface area contributed by atoms with Gasteiger partial charge in [-0.2, -0.15) is 0 Å². The monoisotopic (exact) mass is 337 g/mol. The minimum atomic E-state index is -0.499. The minimum Gasteiger partial charge on any atom is -0.385 e. The third-order valence-corrected chi connectivity index (χ3v) is 3.30. The smallest absolute Gasteiger partial charge is 0.259 e. The first-order valence-electron chi connectivity index (χ1n) is 6.06. The average Bonchev–Trinajstić information content (AvgIpc) is 2.44. The highest BCUT2D eigenvalue weighted by Crippen LogP contribution is 2.26. The molecular weight excluding hydrogens is 325 g/mol. The van der Waals surface area contributed by atoms with E-state index in [9.17, 15) is 9.18 Å². The van der Waals surface area contributed by atoms with E-state index in [2.05, 4.69) is 31.5 Å². The van der Waals surface area contributed by atoms with E-state index in [-0.39, 0.29) is 5.69 Å². The zero-order chi connectivity index (χ0) is 14.5. The van der Waals surface area contributed by atoms with Crippen molar-refractivity contribution in [3.63, 3.8) is 0 Å². The third kappa shape index (κ3) is 3.14. The summed E-state index contributed by atoms with van der Waals surface area (Å²) in [6, 6.07) is 6.21. The summed E-state index contributed by atoms with van der Waals surface area (Å²) in [5.74, 6) is -0.915. The Labute approximate surface area is 124 Å². The number of rotatable bonds is 4. The van der Waals surface area contributed by atoms with E-state index in [0.717, 1.165) is 0 Å². The van der Waals surface area contributed by atoms with Gasteiger partial charge in [0.2, 0.25) is 0 Å². The van der Waals surface area contributed by atoms with Crippen molar-refractivity contribution in [2.75, 3.05) is 17.2 Å². The van der Waals surface area contributed by atoms with Gasteiger partial charge in [-0.25, -0.2) is 4.39 Å². The predicted molar refractivity (Wildman–Crippen MR) is 80.5 cm³/mol. The summed E-state index contributed by atoms with van der Waals surface area (Å²) in [6.07, 6.45) is 3.04. The molecule has 0 aliphatic heterocycles. The SMILES string of the molecule is CCNc1ccncc1C(=O)Nc1c(F)cccc1Br. The maximum absolute atomic E-state index is 13.7. The Morgan fingerprint density at radius 1 is 1.40 bits per heavy atom. The van der Waals surface area contributed by atoms with Crippen molar-refractivity contribution in [2.24, 2.45) is 0 Å². The number of carbonyl (C=O) groups excluding carboxylic acids is 1. The number of anilines is 2. The molecule has 0 radical (unpaired) electrons. The van der Waals surface area contributed by atoms with Crippen molar-refractivity contribution in [1.29, 1.82) is 0 Å². The standard InChI is InChI=1S/C14H13BrFN3O/c1-2-18-12-6-7-17-8-9(12)14(20)19-13-10(15)4-3-5-11(13)16/h3-8H,2H2,1H3,(H,17,18)(H,19,20). The molecule has 0 saturated heterocycles. The Kier molecular flexibility index (Phi) is 4.68. The second-order valence-electron chi connectivity index (χ2n) is 4.00. The number of hydrogen-bond donors (Lipinski definition) is 2. The van der Waals surface area contributed by atoms with Gasteiger partial charge in [0.05, 0.1) is 16.9 Å². The molecule has 0 atom stereocenters. The number of nitrogens with one attached hydrogen (secondary N) is 2. The second kappa shape index (κ2) is 6.47. The molecule has 2 N–H and O–H groups in total. The molecule has 1 heterocycles. The number of para-hydroxylation sites is 1. The van der Waals surface area contributed by atoms with Gasteiger partial charge in [-0.1, -0.05) is 6.07 Å². The second-order valence-corrected chi connectivity index (χ2v) is 4.86. The van der Waals surface area contributed by atoms with Crippen molar-refractivity contribution in [2.45, 2.75) is 6.92 Å².